The highest BCUT2D eigenvalue weighted by atomic mass is 16.3. The van der Waals surface area contributed by atoms with Gasteiger partial charge in [-0.05, 0) is 11.1 Å². The van der Waals surface area contributed by atoms with Crippen LogP contribution in [0.5, 0.6) is 0 Å². The van der Waals surface area contributed by atoms with Crippen molar-refractivity contribution in [3.63, 3.8) is 0 Å². The second-order valence-corrected chi connectivity index (χ2v) is 2.92. The van der Waals surface area contributed by atoms with E-state index in [0.29, 0.717) is 0 Å². The lowest BCUT2D eigenvalue weighted by molar-refractivity contribution is 0.0755. The molecule has 62 valence electrons. The zero-order chi connectivity index (χ0) is 8.55. The summed E-state index contributed by atoms with van der Waals surface area (Å²) in [4.78, 5) is 0. The summed E-state index contributed by atoms with van der Waals surface area (Å²) in [6.45, 7) is 0. The molecule has 2 rings (SSSR count). The summed E-state index contributed by atoms with van der Waals surface area (Å²) in [6.07, 6.45) is 9.28. The van der Waals surface area contributed by atoms with Gasteiger partial charge in [0.2, 0.25) is 0 Å². The Morgan fingerprint density at radius 2 is 1.92 bits per heavy atom. The van der Waals surface area contributed by atoms with Crippen molar-refractivity contribution in [2.75, 3.05) is 0 Å². The molecular formula is C10H10O2. The Bertz CT molecular complexity index is 308. The molecule has 0 aliphatic heterocycles. The summed E-state index contributed by atoms with van der Waals surface area (Å²) < 4.78 is 0. The predicted octanol–water partition coefficient (Wildman–Crippen LogP) is 0.701. The fourth-order valence-electron chi connectivity index (χ4n) is 1.43. The molecule has 0 heterocycles. The molecular weight excluding hydrogens is 152 g/mol. The van der Waals surface area contributed by atoms with E-state index in [0.717, 1.165) is 11.1 Å². The Balaban J connectivity index is 2.39. The molecule has 0 saturated heterocycles. The predicted molar refractivity (Wildman–Crippen MR) is 46.5 cm³/mol. The first-order chi connectivity index (χ1) is 5.79. The molecule has 0 aromatic rings. The topological polar surface area (TPSA) is 40.5 Å². The molecule has 2 aliphatic rings. The minimum absolute atomic E-state index is 0.787. The maximum Gasteiger partial charge on any atom is 0.109 e. The molecule has 2 nitrogen and oxygen atoms in total. The highest BCUT2D eigenvalue weighted by molar-refractivity contribution is 5.53. The minimum atomic E-state index is -0.787. The number of aliphatic hydroxyl groups excluding tert-OH is 2. The number of rotatable bonds is 0. The van der Waals surface area contributed by atoms with E-state index in [-0.39, 0.29) is 0 Å². The van der Waals surface area contributed by atoms with Crippen LogP contribution < -0.4 is 0 Å². The highest BCUT2D eigenvalue weighted by Crippen LogP contribution is 2.25. The van der Waals surface area contributed by atoms with Crippen molar-refractivity contribution in [2.45, 2.75) is 12.2 Å². The molecule has 0 bridgehead atoms. The highest BCUT2D eigenvalue weighted by Gasteiger charge is 2.22. The van der Waals surface area contributed by atoms with E-state index in [1.165, 1.54) is 0 Å². The molecule has 2 aliphatic carbocycles. The number of hydrogen-bond acceptors (Lipinski definition) is 2. The summed E-state index contributed by atoms with van der Waals surface area (Å²) in [5, 5.41) is 18.9. The van der Waals surface area contributed by atoms with Crippen molar-refractivity contribution in [3.8, 4) is 0 Å². The SMILES string of the molecule is O[C@@H]1C2=CC=CC2=CC=C[C@@H]1O. The van der Waals surface area contributed by atoms with Gasteiger partial charge in [0.15, 0.2) is 0 Å². The lowest BCUT2D eigenvalue weighted by Gasteiger charge is -2.14. The van der Waals surface area contributed by atoms with E-state index in [9.17, 15) is 10.2 Å². The molecule has 2 N–H and O–H groups in total. The summed E-state index contributed by atoms with van der Waals surface area (Å²) in [7, 11) is 0. The van der Waals surface area contributed by atoms with Crippen molar-refractivity contribution in [1.82, 2.24) is 0 Å². The van der Waals surface area contributed by atoms with Gasteiger partial charge < -0.3 is 10.2 Å². The third kappa shape index (κ3) is 1.05. The van der Waals surface area contributed by atoms with E-state index >= 15 is 0 Å². The Hall–Kier alpha value is -1.12. The van der Waals surface area contributed by atoms with E-state index in [4.69, 9.17) is 0 Å². The fraction of sp³-hybridized carbons (Fsp3) is 0.200. The van der Waals surface area contributed by atoms with Crippen molar-refractivity contribution >= 4 is 0 Å². The van der Waals surface area contributed by atoms with Gasteiger partial charge in [0.05, 0.1) is 0 Å². The Kier molecular flexibility index (Phi) is 1.71. The summed E-state index contributed by atoms with van der Waals surface area (Å²) in [5.74, 6) is 0. The second kappa shape index (κ2) is 2.73. The zero-order valence-electron chi connectivity index (χ0n) is 6.51. The quantitative estimate of drug-likeness (QED) is 0.550. The summed E-state index contributed by atoms with van der Waals surface area (Å²) in [5.41, 5.74) is 1.78. The fourth-order valence-corrected chi connectivity index (χ4v) is 1.43. The van der Waals surface area contributed by atoms with Gasteiger partial charge >= 0.3 is 0 Å². The Labute approximate surface area is 70.8 Å². The smallest absolute Gasteiger partial charge is 0.109 e. The number of allylic oxidation sites excluding steroid dienone is 5. The van der Waals surface area contributed by atoms with Crippen LogP contribution in [0.3, 0.4) is 0 Å². The third-order valence-corrected chi connectivity index (χ3v) is 2.11. The van der Waals surface area contributed by atoms with Crippen molar-refractivity contribution in [1.29, 1.82) is 0 Å². The third-order valence-electron chi connectivity index (χ3n) is 2.11. The van der Waals surface area contributed by atoms with Gasteiger partial charge in [-0.15, -0.1) is 0 Å². The van der Waals surface area contributed by atoms with Gasteiger partial charge in [-0.2, -0.15) is 0 Å². The van der Waals surface area contributed by atoms with Crippen molar-refractivity contribution < 1.29 is 10.2 Å². The molecule has 2 heteroatoms. The van der Waals surface area contributed by atoms with Crippen molar-refractivity contribution in [2.24, 2.45) is 0 Å². The summed E-state index contributed by atoms with van der Waals surface area (Å²) >= 11 is 0. The lowest BCUT2D eigenvalue weighted by atomic mass is 10.0. The van der Waals surface area contributed by atoms with Crippen molar-refractivity contribution in [3.05, 3.63) is 47.6 Å². The van der Waals surface area contributed by atoms with Crippen LogP contribution >= 0.6 is 0 Å². The summed E-state index contributed by atoms with van der Waals surface area (Å²) in [6, 6.07) is 0. The first-order valence-corrected chi connectivity index (χ1v) is 3.92. The molecule has 0 unspecified atom stereocenters. The van der Waals surface area contributed by atoms with Crippen LogP contribution in [0.25, 0.3) is 0 Å². The molecule has 2 atom stereocenters. The van der Waals surface area contributed by atoms with Crippen LogP contribution in [0.1, 0.15) is 0 Å². The lowest BCUT2D eigenvalue weighted by Crippen LogP contribution is -2.25. The molecule has 0 aromatic carbocycles. The molecule has 0 fully saturated rings. The average Bonchev–Trinajstić information content (AvgIpc) is 2.46. The van der Waals surface area contributed by atoms with Gasteiger partial charge in [0.1, 0.15) is 12.2 Å². The zero-order valence-corrected chi connectivity index (χ0v) is 6.51. The first-order valence-electron chi connectivity index (χ1n) is 3.92. The Morgan fingerprint density at radius 3 is 2.75 bits per heavy atom. The van der Waals surface area contributed by atoms with Gasteiger partial charge in [-0.3, -0.25) is 0 Å². The second-order valence-electron chi connectivity index (χ2n) is 2.92. The average molecular weight is 162 g/mol. The van der Waals surface area contributed by atoms with Crippen LogP contribution in [0.4, 0.5) is 0 Å². The molecule has 12 heavy (non-hydrogen) atoms. The monoisotopic (exact) mass is 162 g/mol. The largest absolute Gasteiger partial charge is 0.386 e. The van der Waals surface area contributed by atoms with E-state index in [1.807, 2.05) is 24.3 Å². The maximum absolute atomic E-state index is 9.58. The normalized spacial score (nSPS) is 32.5. The maximum atomic E-state index is 9.58. The van der Waals surface area contributed by atoms with Crippen LogP contribution in [0.15, 0.2) is 47.6 Å². The van der Waals surface area contributed by atoms with Gasteiger partial charge in [-0.25, -0.2) is 0 Å². The van der Waals surface area contributed by atoms with Gasteiger partial charge in [0.25, 0.3) is 0 Å². The molecule has 0 aromatic heterocycles. The molecule has 0 saturated carbocycles. The number of aliphatic hydroxyl groups is 2. The molecule has 0 spiro atoms. The standard InChI is InChI=1S/C10H10O2/c11-9-6-2-4-7-3-1-5-8(7)10(9)12/h1-6,9-12H/t9-,10+/m0/s1. The Morgan fingerprint density at radius 1 is 1.08 bits per heavy atom. The van der Waals surface area contributed by atoms with Crippen LogP contribution in [-0.2, 0) is 0 Å². The minimum Gasteiger partial charge on any atom is -0.386 e. The molecule has 0 radical (unpaired) electrons. The number of hydrogen-bond donors (Lipinski definition) is 2. The van der Waals surface area contributed by atoms with Gasteiger partial charge in [0, 0.05) is 0 Å². The van der Waals surface area contributed by atoms with E-state index in [1.54, 1.807) is 12.2 Å². The van der Waals surface area contributed by atoms with Gasteiger partial charge in [-0.1, -0.05) is 36.5 Å². The van der Waals surface area contributed by atoms with Crippen LogP contribution in [-0.4, -0.2) is 22.4 Å². The van der Waals surface area contributed by atoms with Crippen LogP contribution in [0.2, 0.25) is 0 Å². The van der Waals surface area contributed by atoms with E-state index < -0.39 is 12.2 Å². The van der Waals surface area contributed by atoms with Crippen LogP contribution in [0, 0.1) is 0 Å². The molecule has 0 amide bonds. The first kappa shape index (κ1) is 7.53. The van der Waals surface area contributed by atoms with E-state index in [2.05, 4.69) is 0 Å². The number of fused-ring (bicyclic) bond motifs is 1.